The van der Waals surface area contributed by atoms with Crippen LogP contribution in [-0.4, -0.2) is 32.4 Å². The van der Waals surface area contributed by atoms with Gasteiger partial charge in [0.15, 0.2) is 5.78 Å². The molecule has 1 heterocycles. The van der Waals surface area contributed by atoms with Crippen LogP contribution in [0.2, 0.25) is 0 Å². The molecule has 1 aliphatic rings. The molecule has 0 radical (unpaired) electrons. The van der Waals surface area contributed by atoms with Crippen LogP contribution in [0.3, 0.4) is 0 Å². The maximum Gasteiger partial charge on any atom is 0.302 e. The highest BCUT2D eigenvalue weighted by atomic mass is 32.3. The molecule has 1 atom stereocenters. The summed E-state index contributed by atoms with van der Waals surface area (Å²) in [6.07, 6.45) is -0.0324. The van der Waals surface area contributed by atoms with Crippen molar-refractivity contribution in [2.45, 2.75) is 13.3 Å². The zero-order chi connectivity index (χ0) is 14.9. The van der Waals surface area contributed by atoms with E-state index in [1.165, 1.54) is 11.8 Å². The molecule has 1 aromatic carbocycles. The van der Waals surface area contributed by atoms with Crippen molar-refractivity contribution in [3.8, 4) is 0 Å². The van der Waals surface area contributed by atoms with E-state index >= 15 is 0 Å². The Hall–Kier alpha value is -1.76. The molecular weight excluding hydrogens is 285 g/mol. The molecule has 2 rings (SSSR count). The number of hydrogen-bond donors (Lipinski definition) is 0. The number of nitrogens with zero attached hydrogens (tertiary/aromatic N) is 1. The maximum atomic E-state index is 12.7. The summed E-state index contributed by atoms with van der Waals surface area (Å²) >= 11 is 0. The Morgan fingerprint density at radius 2 is 2.05 bits per heavy atom. The van der Waals surface area contributed by atoms with Gasteiger partial charge in [-0.3, -0.25) is 9.59 Å². The molecule has 0 N–H and O–H groups in total. The summed E-state index contributed by atoms with van der Waals surface area (Å²) in [6.45, 7) is 1.50. The molecule has 1 fully saturated rings. The summed E-state index contributed by atoms with van der Waals surface area (Å²) in [4.78, 5) is 24.8. The summed E-state index contributed by atoms with van der Waals surface area (Å²) in [6, 6.07) is 6.60. The zero-order valence-electron chi connectivity index (χ0n) is 10.9. The van der Waals surface area contributed by atoms with E-state index in [2.05, 4.69) is 0 Å². The normalized spacial score (nSPS) is 19.4. The van der Waals surface area contributed by atoms with Crippen molar-refractivity contribution in [2.75, 3.05) is 17.2 Å². The Kier molecular flexibility index (Phi) is 3.89. The van der Waals surface area contributed by atoms with E-state index < -0.39 is 21.9 Å². The van der Waals surface area contributed by atoms with Gasteiger partial charge in [-0.2, -0.15) is 8.42 Å². The first-order valence-electron chi connectivity index (χ1n) is 6.10. The van der Waals surface area contributed by atoms with Crippen LogP contribution >= 0.6 is 0 Å². The first kappa shape index (κ1) is 14.6. The lowest BCUT2D eigenvalue weighted by atomic mass is 10.1. The molecule has 1 saturated heterocycles. The number of benzene rings is 1. The number of anilines is 1. The number of para-hydroxylation sites is 1. The van der Waals surface area contributed by atoms with E-state index in [4.69, 9.17) is 0 Å². The molecule has 7 heteroatoms. The van der Waals surface area contributed by atoms with Crippen LogP contribution in [0.4, 0.5) is 9.57 Å². The largest absolute Gasteiger partial charge is 0.311 e. The Morgan fingerprint density at radius 1 is 1.40 bits per heavy atom. The minimum atomic E-state index is -4.61. The van der Waals surface area contributed by atoms with Gasteiger partial charge >= 0.3 is 10.2 Å². The second kappa shape index (κ2) is 5.32. The van der Waals surface area contributed by atoms with Gasteiger partial charge in [0, 0.05) is 24.4 Å². The molecule has 1 aliphatic heterocycles. The van der Waals surface area contributed by atoms with Crippen molar-refractivity contribution in [1.29, 1.82) is 0 Å². The average Bonchev–Trinajstić information content (AvgIpc) is 2.67. The summed E-state index contributed by atoms with van der Waals surface area (Å²) in [5, 5.41) is 0. The van der Waals surface area contributed by atoms with Gasteiger partial charge in [-0.05, 0) is 19.1 Å². The smallest absolute Gasteiger partial charge is 0.302 e. The Bertz CT molecular complexity index is 656. The van der Waals surface area contributed by atoms with Crippen molar-refractivity contribution in [2.24, 2.45) is 5.92 Å². The van der Waals surface area contributed by atoms with Gasteiger partial charge < -0.3 is 4.90 Å². The molecule has 108 valence electrons. The standard InChI is InChI=1S/C13H14FNO4S/c1-9(16)11-4-2-3-5-12(11)15-7-10(6-13(15)17)8-20(14,18)19/h2-5,10H,6-8H2,1H3. The molecule has 1 aromatic rings. The van der Waals surface area contributed by atoms with E-state index in [0.717, 1.165) is 0 Å². The number of carbonyl (C=O) groups excluding carboxylic acids is 2. The fourth-order valence-electron chi connectivity index (χ4n) is 2.41. The number of hydrogen-bond acceptors (Lipinski definition) is 4. The molecule has 0 bridgehead atoms. The van der Waals surface area contributed by atoms with Crippen LogP contribution in [0.1, 0.15) is 23.7 Å². The van der Waals surface area contributed by atoms with Gasteiger partial charge in [0.05, 0.1) is 11.4 Å². The van der Waals surface area contributed by atoms with Crippen LogP contribution in [0.25, 0.3) is 0 Å². The third-order valence-corrected chi connectivity index (χ3v) is 4.08. The minimum absolute atomic E-state index is 0.0324. The minimum Gasteiger partial charge on any atom is -0.311 e. The zero-order valence-corrected chi connectivity index (χ0v) is 11.7. The van der Waals surface area contributed by atoms with E-state index in [9.17, 15) is 21.9 Å². The molecule has 0 aromatic heterocycles. The summed E-state index contributed by atoms with van der Waals surface area (Å²) in [5.41, 5.74) is 0.841. The number of halogens is 1. The summed E-state index contributed by atoms with van der Waals surface area (Å²) in [7, 11) is -4.61. The van der Waals surface area contributed by atoms with Gasteiger partial charge in [-0.25, -0.2) is 0 Å². The molecule has 5 nitrogen and oxygen atoms in total. The number of Topliss-reactive ketones (excluding diaryl/α,β-unsaturated/α-hetero) is 1. The van der Waals surface area contributed by atoms with Gasteiger partial charge in [0.2, 0.25) is 5.91 Å². The predicted octanol–water partition coefficient (Wildman–Crippen LogP) is 1.54. The van der Waals surface area contributed by atoms with Crippen LogP contribution in [0, 0.1) is 5.92 Å². The van der Waals surface area contributed by atoms with Gasteiger partial charge in [0.25, 0.3) is 0 Å². The molecule has 0 saturated carbocycles. The van der Waals surface area contributed by atoms with Crippen molar-refractivity contribution in [3.05, 3.63) is 29.8 Å². The molecule has 1 unspecified atom stereocenters. The SMILES string of the molecule is CC(=O)c1ccccc1N1CC(CS(=O)(=O)F)CC1=O. The Labute approximate surface area is 116 Å². The Morgan fingerprint density at radius 3 is 2.65 bits per heavy atom. The fourth-order valence-corrected chi connectivity index (χ4v) is 3.20. The van der Waals surface area contributed by atoms with Crippen molar-refractivity contribution >= 4 is 27.6 Å². The van der Waals surface area contributed by atoms with Crippen LogP contribution in [-0.2, 0) is 15.0 Å². The van der Waals surface area contributed by atoms with Gasteiger partial charge in [-0.1, -0.05) is 12.1 Å². The summed E-state index contributed by atoms with van der Waals surface area (Å²) < 4.78 is 34.0. The topological polar surface area (TPSA) is 71.5 Å². The summed E-state index contributed by atoms with van der Waals surface area (Å²) in [5.74, 6) is -1.74. The van der Waals surface area contributed by atoms with Crippen LogP contribution in [0.15, 0.2) is 24.3 Å². The lowest BCUT2D eigenvalue weighted by molar-refractivity contribution is -0.117. The molecule has 1 amide bonds. The quantitative estimate of drug-likeness (QED) is 0.624. The van der Waals surface area contributed by atoms with Crippen molar-refractivity contribution < 1.29 is 21.9 Å². The van der Waals surface area contributed by atoms with E-state index in [1.54, 1.807) is 24.3 Å². The second-order valence-electron chi connectivity index (χ2n) is 4.85. The van der Waals surface area contributed by atoms with Crippen molar-refractivity contribution in [3.63, 3.8) is 0 Å². The number of carbonyl (C=O) groups is 2. The van der Waals surface area contributed by atoms with Gasteiger partial charge in [-0.15, -0.1) is 3.89 Å². The monoisotopic (exact) mass is 299 g/mol. The number of rotatable bonds is 4. The molecule has 0 aliphatic carbocycles. The predicted molar refractivity (Wildman–Crippen MR) is 71.8 cm³/mol. The first-order valence-corrected chi connectivity index (χ1v) is 7.66. The molecule has 0 spiro atoms. The third-order valence-electron chi connectivity index (χ3n) is 3.21. The van der Waals surface area contributed by atoms with E-state index in [1.807, 2.05) is 0 Å². The number of amides is 1. The lowest BCUT2D eigenvalue weighted by Gasteiger charge is -2.19. The van der Waals surface area contributed by atoms with Crippen LogP contribution in [0.5, 0.6) is 0 Å². The Balaban J connectivity index is 2.27. The number of ketones is 1. The van der Waals surface area contributed by atoms with E-state index in [0.29, 0.717) is 11.3 Å². The van der Waals surface area contributed by atoms with E-state index in [-0.39, 0.29) is 24.7 Å². The fraction of sp³-hybridized carbons (Fsp3) is 0.385. The van der Waals surface area contributed by atoms with Crippen molar-refractivity contribution in [1.82, 2.24) is 0 Å². The third kappa shape index (κ3) is 3.22. The average molecular weight is 299 g/mol. The van der Waals surface area contributed by atoms with Crippen LogP contribution < -0.4 is 4.90 Å². The second-order valence-corrected chi connectivity index (χ2v) is 6.26. The highest BCUT2D eigenvalue weighted by Gasteiger charge is 2.34. The first-order chi connectivity index (χ1) is 9.28. The highest BCUT2D eigenvalue weighted by molar-refractivity contribution is 7.86. The highest BCUT2D eigenvalue weighted by Crippen LogP contribution is 2.29. The lowest BCUT2D eigenvalue weighted by Crippen LogP contribution is -2.27. The molecule has 20 heavy (non-hydrogen) atoms. The maximum absolute atomic E-state index is 12.7. The molecular formula is C13H14FNO4S. The van der Waals surface area contributed by atoms with Gasteiger partial charge in [0.1, 0.15) is 0 Å².